The zero-order valence-corrected chi connectivity index (χ0v) is 51.1. The molecule has 446 valence electrons. The highest BCUT2D eigenvalue weighted by atomic mass is 16.6. The highest BCUT2D eigenvalue weighted by molar-refractivity contribution is 5.71. The molecule has 0 radical (unpaired) electrons. The minimum absolute atomic E-state index is 0.0972. The molecule has 0 N–H and O–H groups in total. The molecule has 0 bridgehead atoms. The van der Waals surface area contributed by atoms with Gasteiger partial charge in [-0.2, -0.15) is 0 Å². The normalized spacial score (nSPS) is 13.1. The summed E-state index contributed by atoms with van der Waals surface area (Å²) in [4.78, 5) is 38.2. The Morgan fingerprint density at radius 1 is 0.266 bits per heavy atom. The topological polar surface area (TPSA) is 78.9 Å². The van der Waals surface area contributed by atoms with Crippen LogP contribution in [0.2, 0.25) is 0 Å². The molecule has 0 amide bonds. The van der Waals surface area contributed by atoms with Crippen LogP contribution in [0.15, 0.2) is 146 Å². The summed E-state index contributed by atoms with van der Waals surface area (Å²) in [6.07, 6.45) is 94.3. The number of ether oxygens (including phenoxy) is 3. The van der Waals surface area contributed by atoms with Gasteiger partial charge in [-0.15, -0.1) is 0 Å². The van der Waals surface area contributed by atoms with Gasteiger partial charge in [0.15, 0.2) is 6.10 Å². The second-order valence-electron chi connectivity index (χ2n) is 20.9. The van der Waals surface area contributed by atoms with Crippen LogP contribution in [0.3, 0.4) is 0 Å². The van der Waals surface area contributed by atoms with Gasteiger partial charge in [-0.3, -0.25) is 14.4 Å². The molecule has 0 fully saturated rings. The Hall–Kier alpha value is -4.71. The van der Waals surface area contributed by atoms with Crippen molar-refractivity contribution in [1.29, 1.82) is 0 Å². The fourth-order valence-electron chi connectivity index (χ4n) is 8.50. The second kappa shape index (κ2) is 65.8. The maximum atomic E-state index is 12.9. The van der Waals surface area contributed by atoms with Crippen molar-refractivity contribution < 1.29 is 28.6 Å². The smallest absolute Gasteiger partial charge is 0.306 e. The number of esters is 3. The number of allylic oxidation sites excluding steroid dienone is 24. The number of hydrogen-bond donors (Lipinski definition) is 0. The van der Waals surface area contributed by atoms with Gasteiger partial charge in [-0.05, 0) is 128 Å². The van der Waals surface area contributed by atoms with Crippen LogP contribution in [0.4, 0.5) is 0 Å². The Morgan fingerprint density at radius 3 is 0.823 bits per heavy atom. The maximum absolute atomic E-state index is 12.9. The predicted molar refractivity (Wildman–Crippen MR) is 343 cm³/mol. The second-order valence-corrected chi connectivity index (χ2v) is 20.9. The van der Waals surface area contributed by atoms with Crippen LogP contribution in [0.5, 0.6) is 0 Å². The Labute approximate surface area is 487 Å². The lowest BCUT2D eigenvalue weighted by Gasteiger charge is -2.18. The molecule has 0 saturated heterocycles. The molecule has 6 heteroatoms. The number of carbonyl (C=O) groups excluding carboxylic acids is 3. The molecule has 0 spiro atoms. The molecule has 0 saturated carbocycles. The highest BCUT2D eigenvalue weighted by Gasteiger charge is 2.19. The van der Waals surface area contributed by atoms with E-state index in [1.165, 1.54) is 103 Å². The van der Waals surface area contributed by atoms with Crippen molar-refractivity contribution in [3.05, 3.63) is 146 Å². The molecular weight excluding hydrogens is 973 g/mol. The molecule has 0 aromatic carbocycles. The van der Waals surface area contributed by atoms with Crippen molar-refractivity contribution in [2.75, 3.05) is 13.2 Å². The van der Waals surface area contributed by atoms with E-state index in [2.05, 4.69) is 167 Å². The fraction of sp³-hybridized carbons (Fsp3) is 0.630. The van der Waals surface area contributed by atoms with Crippen LogP contribution >= 0.6 is 0 Å². The van der Waals surface area contributed by atoms with Gasteiger partial charge in [0.2, 0.25) is 0 Å². The minimum Gasteiger partial charge on any atom is -0.462 e. The van der Waals surface area contributed by atoms with E-state index < -0.39 is 6.10 Å². The molecule has 1 atom stereocenters. The molecule has 0 aliphatic heterocycles. The largest absolute Gasteiger partial charge is 0.462 e. The van der Waals surface area contributed by atoms with E-state index in [0.29, 0.717) is 25.7 Å². The van der Waals surface area contributed by atoms with E-state index in [4.69, 9.17) is 14.2 Å². The number of carbonyl (C=O) groups is 3. The van der Waals surface area contributed by atoms with Gasteiger partial charge in [0.25, 0.3) is 0 Å². The van der Waals surface area contributed by atoms with Gasteiger partial charge in [-0.1, -0.05) is 276 Å². The summed E-state index contributed by atoms with van der Waals surface area (Å²) < 4.78 is 16.8. The standard InChI is InChI=1S/C73H118O6/c1-4-7-10-13-16-19-22-24-26-28-29-30-31-32-33-34-35-36-37-38-39-40-41-42-43-45-46-48-51-54-57-60-63-66-72(75)78-69-70(68-77-71(74)65-62-59-56-53-50-21-18-15-12-9-6-3)79-73(76)67-64-61-58-55-52-49-47-44-27-25-23-20-17-14-11-8-5-2/h7,10,16-17,19-20,24-27,29-30,32-33,35-36,38-39,41-42,45-46,51,54,70H,4-6,8-9,11-15,18,21-23,28,31,34,37,40,43-44,47-50,52-53,55-69H2,1-3H3/b10-7-,19-16-,20-17-,26-24-,27-25-,30-29-,33-32-,36-35-,39-38-,42-41-,46-45-,54-51-. The number of rotatable bonds is 57. The Morgan fingerprint density at radius 2 is 0.494 bits per heavy atom. The molecule has 1 unspecified atom stereocenters. The average Bonchev–Trinajstić information content (AvgIpc) is 3.45. The first-order valence-corrected chi connectivity index (χ1v) is 32.3. The SMILES string of the molecule is CC/C=C\C/C=C\C/C=C\C/C=C\C/C=C\C/C=C\C/C=C\C/C=C\C/C=C\C/C=C\CCCCC(=O)OCC(COC(=O)CCCCCCCCCCCCC)OC(=O)CCCCCCCCC/C=C\C/C=C\CCCCC. The third-order valence-electron chi connectivity index (χ3n) is 13.3. The summed E-state index contributed by atoms with van der Waals surface area (Å²) in [5, 5.41) is 0. The third-order valence-corrected chi connectivity index (χ3v) is 13.3. The maximum Gasteiger partial charge on any atom is 0.306 e. The van der Waals surface area contributed by atoms with Crippen LogP contribution in [-0.2, 0) is 28.6 Å². The first-order valence-electron chi connectivity index (χ1n) is 32.3. The van der Waals surface area contributed by atoms with Gasteiger partial charge >= 0.3 is 17.9 Å². The molecule has 0 aliphatic rings. The third kappa shape index (κ3) is 64.0. The zero-order chi connectivity index (χ0) is 57.1. The Bertz CT molecular complexity index is 1730. The van der Waals surface area contributed by atoms with Crippen LogP contribution in [0, 0.1) is 0 Å². The van der Waals surface area contributed by atoms with Gasteiger partial charge in [0.1, 0.15) is 13.2 Å². The summed E-state index contributed by atoms with van der Waals surface area (Å²) in [7, 11) is 0. The quantitative estimate of drug-likeness (QED) is 0.0261. The summed E-state index contributed by atoms with van der Waals surface area (Å²) in [6.45, 7) is 6.45. The summed E-state index contributed by atoms with van der Waals surface area (Å²) in [5.41, 5.74) is 0. The van der Waals surface area contributed by atoms with Crippen LogP contribution in [0.1, 0.15) is 278 Å². The van der Waals surface area contributed by atoms with Gasteiger partial charge in [0, 0.05) is 19.3 Å². The van der Waals surface area contributed by atoms with Crippen molar-refractivity contribution in [2.45, 2.75) is 284 Å². The van der Waals surface area contributed by atoms with Gasteiger partial charge in [-0.25, -0.2) is 0 Å². The lowest BCUT2D eigenvalue weighted by atomic mass is 10.1. The first kappa shape index (κ1) is 74.3. The van der Waals surface area contributed by atoms with Gasteiger partial charge in [0.05, 0.1) is 0 Å². The van der Waals surface area contributed by atoms with E-state index in [1.54, 1.807) is 0 Å². The molecule has 6 nitrogen and oxygen atoms in total. The van der Waals surface area contributed by atoms with E-state index in [9.17, 15) is 14.4 Å². The van der Waals surface area contributed by atoms with Crippen molar-refractivity contribution in [2.24, 2.45) is 0 Å². The van der Waals surface area contributed by atoms with E-state index in [-0.39, 0.29) is 31.1 Å². The van der Waals surface area contributed by atoms with Crippen LogP contribution in [-0.4, -0.2) is 37.2 Å². The van der Waals surface area contributed by atoms with Crippen LogP contribution < -0.4 is 0 Å². The number of hydrogen-bond acceptors (Lipinski definition) is 6. The Balaban J connectivity index is 4.36. The number of unbranched alkanes of at least 4 members (excludes halogenated alkanes) is 22. The lowest BCUT2D eigenvalue weighted by Crippen LogP contribution is -2.30. The molecule has 0 aromatic rings. The molecule has 0 aliphatic carbocycles. The minimum atomic E-state index is -0.804. The van der Waals surface area contributed by atoms with Crippen molar-refractivity contribution in [1.82, 2.24) is 0 Å². The highest BCUT2D eigenvalue weighted by Crippen LogP contribution is 2.15. The van der Waals surface area contributed by atoms with Crippen molar-refractivity contribution in [3.8, 4) is 0 Å². The predicted octanol–water partition coefficient (Wildman–Crippen LogP) is 22.3. The molecule has 79 heavy (non-hydrogen) atoms. The van der Waals surface area contributed by atoms with Gasteiger partial charge < -0.3 is 14.2 Å². The lowest BCUT2D eigenvalue weighted by molar-refractivity contribution is -0.167. The summed E-state index contributed by atoms with van der Waals surface area (Å²) in [6, 6.07) is 0. The van der Waals surface area contributed by atoms with E-state index >= 15 is 0 Å². The zero-order valence-electron chi connectivity index (χ0n) is 51.1. The monoisotopic (exact) mass is 1090 g/mol. The Kier molecular flexibility index (Phi) is 61.9. The van der Waals surface area contributed by atoms with E-state index in [1.807, 2.05) is 0 Å². The van der Waals surface area contributed by atoms with E-state index in [0.717, 1.165) is 128 Å². The van der Waals surface area contributed by atoms with Crippen molar-refractivity contribution >= 4 is 17.9 Å². The summed E-state index contributed by atoms with van der Waals surface area (Å²) in [5.74, 6) is -0.952. The van der Waals surface area contributed by atoms with Crippen molar-refractivity contribution in [3.63, 3.8) is 0 Å². The molecular formula is C73H118O6. The molecule has 0 rings (SSSR count). The summed E-state index contributed by atoms with van der Waals surface area (Å²) >= 11 is 0. The van der Waals surface area contributed by atoms with Crippen LogP contribution in [0.25, 0.3) is 0 Å². The fourth-order valence-corrected chi connectivity index (χ4v) is 8.50. The average molecular weight is 1090 g/mol. The molecule has 0 aromatic heterocycles. The molecule has 0 heterocycles. The first-order chi connectivity index (χ1) is 39.0.